The topological polar surface area (TPSA) is 217 Å². The van der Waals surface area contributed by atoms with Crippen molar-refractivity contribution in [3.05, 3.63) is 149 Å². The zero-order chi connectivity index (χ0) is 96.0. The number of carbonyl (C=O) groups is 10. The molecule has 0 saturated heterocycles. The van der Waals surface area contributed by atoms with Crippen LogP contribution in [0.4, 0.5) is 0 Å². The van der Waals surface area contributed by atoms with Crippen LogP contribution in [-0.4, -0.2) is 90.9 Å². The van der Waals surface area contributed by atoms with Crippen molar-refractivity contribution in [2.75, 3.05) is 33.0 Å². The molecule has 5 fully saturated rings. The van der Waals surface area contributed by atoms with Crippen molar-refractivity contribution in [1.29, 1.82) is 0 Å². The van der Waals surface area contributed by atoms with Crippen molar-refractivity contribution in [2.24, 2.45) is 59.2 Å². The lowest BCUT2D eigenvalue weighted by Crippen LogP contribution is -2.32. The lowest BCUT2D eigenvalue weighted by Gasteiger charge is -2.26. The summed E-state index contributed by atoms with van der Waals surface area (Å²) in [5, 5.41) is 0. The lowest BCUT2D eigenvalue weighted by atomic mass is 9.76. The summed E-state index contributed by atoms with van der Waals surface area (Å²) in [4.78, 5) is 124. The Morgan fingerprint density at radius 1 is 0.226 bits per heavy atom. The minimum atomic E-state index is -0.379. The Hall–Kier alpha value is -8.20. The number of hydrogen-bond acceptors (Lipinski definition) is 15. The SMILES string of the molecule is CCCCCCCC1CCC(C(=O)Cc2ccc(OCCCCCC)cc2)C(=O)C1.CCCCCCOc1ccc(CC(=O)C2CCC(C)CC2=O)cc1.CCCCCCOc1ccc(CC(=O)C2CCC(CC)CC2=O)cc1.CCCCCCOc1ccc(CC(=O)C2CCC(CCC)CC2=O)cc1.CCCCCCOc1ccc(CC(=O)C2CCC(CCCCC)CC2=O)cc1. The molecule has 5 aromatic carbocycles. The maximum Gasteiger partial charge on any atom is 0.147 e. The summed E-state index contributed by atoms with van der Waals surface area (Å²) in [6.45, 7) is 25.5. The normalized spacial score (nSPS) is 20.0. The van der Waals surface area contributed by atoms with E-state index in [0.29, 0.717) is 93.8 Å². The Balaban J connectivity index is 0.000000256. The van der Waals surface area contributed by atoms with Crippen molar-refractivity contribution in [1.82, 2.24) is 0 Å². The summed E-state index contributed by atoms with van der Waals surface area (Å²) in [6, 6.07) is 38.9. The van der Waals surface area contributed by atoms with Gasteiger partial charge in [-0.05, 0) is 214 Å². The summed E-state index contributed by atoms with van der Waals surface area (Å²) in [5.41, 5.74) is 4.85. The molecular weight excluding hydrogens is 1660 g/mol. The van der Waals surface area contributed by atoms with Gasteiger partial charge in [0.05, 0.1) is 62.6 Å². The predicted octanol–water partition coefficient (Wildman–Crippen LogP) is 28.9. The zero-order valence-electron chi connectivity index (χ0n) is 84.5. The second-order valence-corrected chi connectivity index (χ2v) is 39.4. The minimum Gasteiger partial charge on any atom is -0.494 e. The van der Waals surface area contributed by atoms with Crippen LogP contribution in [0.2, 0.25) is 0 Å². The first-order chi connectivity index (χ1) is 64.6. The van der Waals surface area contributed by atoms with Gasteiger partial charge in [-0.3, -0.25) is 47.9 Å². The maximum atomic E-state index is 12.7. The molecule has 15 nitrogen and oxygen atoms in total. The zero-order valence-corrected chi connectivity index (χ0v) is 84.5. The molecule has 0 heterocycles. The van der Waals surface area contributed by atoms with E-state index >= 15 is 0 Å². The van der Waals surface area contributed by atoms with Gasteiger partial charge in [0.25, 0.3) is 0 Å². The third-order valence-electron chi connectivity index (χ3n) is 27.8. The highest BCUT2D eigenvalue weighted by Gasteiger charge is 2.38. The van der Waals surface area contributed by atoms with Crippen LogP contribution in [-0.2, 0) is 80.0 Å². The van der Waals surface area contributed by atoms with Crippen LogP contribution in [0.25, 0.3) is 0 Å². The van der Waals surface area contributed by atoms with Crippen LogP contribution in [0.5, 0.6) is 28.7 Å². The molecule has 5 aliphatic rings. The van der Waals surface area contributed by atoms with Gasteiger partial charge in [-0.1, -0.05) is 310 Å². The monoisotopic (exact) mass is 1830 g/mol. The van der Waals surface area contributed by atoms with E-state index in [0.717, 1.165) is 218 Å². The highest BCUT2D eigenvalue weighted by Crippen LogP contribution is 2.37. The molecule has 10 unspecified atom stereocenters. The summed E-state index contributed by atoms with van der Waals surface area (Å²) < 4.78 is 28.7. The number of benzene rings is 5. The fraction of sp³-hybridized carbons (Fsp3) is 0.661. The Morgan fingerprint density at radius 2 is 0.429 bits per heavy atom. The van der Waals surface area contributed by atoms with Gasteiger partial charge in [-0.2, -0.15) is 0 Å². The summed E-state index contributed by atoms with van der Waals surface area (Å²) in [5.74, 6) is 5.97. The third-order valence-corrected chi connectivity index (χ3v) is 27.8. The molecule has 5 saturated carbocycles. The molecular formula is C118H176O15. The largest absolute Gasteiger partial charge is 0.494 e. The number of rotatable bonds is 58. The molecule has 133 heavy (non-hydrogen) atoms. The summed E-state index contributed by atoms with van der Waals surface area (Å²) in [7, 11) is 0. The molecule has 0 bridgehead atoms. The molecule has 738 valence electrons. The van der Waals surface area contributed by atoms with Gasteiger partial charge < -0.3 is 23.7 Å². The van der Waals surface area contributed by atoms with Gasteiger partial charge in [-0.15, -0.1) is 0 Å². The second kappa shape index (κ2) is 68.7. The van der Waals surface area contributed by atoms with E-state index in [-0.39, 0.29) is 87.4 Å². The van der Waals surface area contributed by atoms with E-state index in [4.69, 9.17) is 23.7 Å². The smallest absolute Gasteiger partial charge is 0.147 e. The van der Waals surface area contributed by atoms with Gasteiger partial charge in [0.2, 0.25) is 0 Å². The average molecular weight is 1830 g/mol. The molecule has 5 aromatic rings. The van der Waals surface area contributed by atoms with Crippen molar-refractivity contribution >= 4 is 57.8 Å². The summed E-state index contributed by atoms with van der Waals surface area (Å²) in [6.07, 6.45) is 52.9. The third kappa shape index (κ3) is 46.5. The van der Waals surface area contributed by atoms with Crippen LogP contribution in [0.1, 0.15) is 405 Å². The van der Waals surface area contributed by atoms with E-state index in [1.54, 1.807) is 0 Å². The highest BCUT2D eigenvalue weighted by atomic mass is 16.5. The molecule has 10 rings (SSSR count). The number of unbranched alkanes of at least 4 members (excludes halogenated alkanes) is 21. The van der Waals surface area contributed by atoms with Crippen LogP contribution >= 0.6 is 0 Å². The number of carbonyl (C=O) groups excluding carboxylic acids is 10. The van der Waals surface area contributed by atoms with Gasteiger partial charge >= 0.3 is 0 Å². The quantitative estimate of drug-likeness (QED) is 0.0261. The first-order valence-corrected chi connectivity index (χ1v) is 53.5. The van der Waals surface area contributed by atoms with E-state index in [9.17, 15) is 47.9 Å². The van der Waals surface area contributed by atoms with E-state index in [2.05, 4.69) is 69.2 Å². The Kier molecular flexibility index (Phi) is 58.7. The van der Waals surface area contributed by atoms with Crippen molar-refractivity contribution in [2.45, 2.75) is 410 Å². The van der Waals surface area contributed by atoms with Gasteiger partial charge in [0.15, 0.2) is 0 Å². The molecule has 15 heteroatoms. The van der Waals surface area contributed by atoms with Gasteiger partial charge in [0.1, 0.15) is 86.6 Å². The average Bonchev–Trinajstić information content (AvgIpc) is 0.860. The Labute approximate surface area is 804 Å². The van der Waals surface area contributed by atoms with E-state index < -0.39 is 0 Å². The molecule has 0 aromatic heterocycles. The maximum absolute atomic E-state index is 12.7. The Bertz CT molecular complexity index is 4070. The lowest BCUT2D eigenvalue weighted by molar-refractivity contribution is -0.136. The van der Waals surface area contributed by atoms with Crippen molar-refractivity contribution < 1.29 is 71.6 Å². The van der Waals surface area contributed by atoms with Crippen LogP contribution in [0.3, 0.4) is 0 Å². The fourth-order valence-corrected chi connectivity index (χ4v) is 19.2. The summed E-state index contributed by atoms with van der Waals surface area (Å²) >= 11 is 0. The van der Waals surface area contributed by atoms with Gasteiger partial charge in [-0.25, -0.2) is 0 Å². The van der Waals surface area contributed by atoms with E-state index in [1.165, 1.54) is 148 Å². The Morgan fingerprint density at radius 3 is 0.662 bits per heavy atom. The number of ether oxygens (including phenoxy) is 5. The van der Waals surface area contributed by atoms with Gasteiger partial charge in [0, 0.05) is 64.2 Å². The number of hydrogen-bond donors (Lipinski definition) is 0. The van der Waals surface area contributed by atoms with Crippen molar-refractivity contribution in [3.63, 3.8) is 0 Å². The molecule has 10 atom stereocenters. The fourth-order valence-electron chi connectivity index (χ4n) is 19.2. The number of Topliss-reactive ketones (excluding diaryl/α,β-unsaturated/α-hetero) is 10. The predicted molar refractivity (Wildman–Crippen MR) is 542 cm³/mol. The van der Waals surface area contributed by atoms with Crippen LogP contribution < -0.4 is 23.7 Å². The molecule has 0 amide bonds. The molecule has 5 aliphatic carbocycles. The highest BCUT2D eigenvalue weighted by molar-refractivity contribution is 6.06. The minimum absolute atomic E-state index is 0.0696. The first-order valence-electron chi connectivity index (χ1n) is 53.5. The standard InChI is InChI=1S/C27H42O3.C25H38O3.C23H34O3.C22H32O3.C21H30O3/c1-3-5-7-9-10-12-22-15-18-25(26(28)20-22)27(29)21-23-13-16-24(17-14-23)30-19-11-8-6-4-2;1-3-5-7-9-17-28-22-14-11-21(12-15-22)19-25(27)23-16-13-20(18-24(23)26)10-8-6-4-2;1-3-5-6-7-15-26-20-12-9-19(10-13-20)17-23(25)21-14-11-18(8-4-2)16-22(21)24;1-3-5-6-7-14-25-19-11-8-18(9-12-19)16-22(24)20-13-10-17(4-2)15-21(20)23;1-3-4-5-6-13-24-18-10-8-17(9-11-18)15-21(23)19-12-7-16(2)14-20(19)22/h13-14,16-17,22,25H,3-12,15,18-21H2,1-2H3;11-12,14-15,20,23H,3-10,13,16-19H2,1-2H3;9-10,12-13,18,21H,3-8,11,14-17H2,1-2H3;8-9,11-12,17,20H,3-7,10,13-16H2,1-2H3;8-11,16,19H,3-7,12-15H2,1-2H3. The first kappa shape index (κ1) is 114. The van der Waals surface area contributed by atoms with Crippen LogP contribution in [0, 0.1) is 59.2 Å². The number of ketones is 10. The molecule has 0 radical (unpaired) electrons. The van der Waals surface area contributed by atoms with Crippen molar-refractivity contribution in [3.8, 4) is 28.7 Å². The van der Waals surface area contributed by atoms with E-state index in [1.807, 2.05) is 121 Å². The molecule has 0 aliphatic heterocycles. The van der Waals surface area contributed by atoms with Crippen LogP contribution in [0.15, 0.2) is 121 Å². The molecule has 0 spiro atoms. The second-order valence-electron chi connectivity index (χ2n) is 39.4. The molecule has 0 N–H and O–H groups in total.